The summed E-state index contributed by atoms with van der Waals surface area (Å²) in [5, 5.41) is 4.45. The third kappa shape index (κ3) is 2.70. The average molecular weight is 270 g/mol. The van der Waals surface area contributed by atoms with Gasteiger partial charge in [-0.2, -0.15) is 5.10 Å². The Hall–Kier alpha value is -1.81. The zero-order valence-electron chi connectivity index (χ0n) is 12.0. The fourth-order valence-corrected chi connectivity index (χ4v) is 2.76. The summed E-state index contributed by atoms with van der Waals surface area (Å²) in [6.07, 6.45) is 5.86. The number of benzene rings is 1. The normalized spacial score (nSPS) is 16.4. The Morgan fingerprint density at radius 1 is 1.10 bits per heavy atom. The largest absolute Gasteiger partial charge is 0.383 e. The number of nitrogen functional groups attached to an aromatic ring is 1. The summed E-state index contributed by atoms with van der Waals surface area (Å²) in [5.74, 6) is 0.763. The quantitative estimate of drug-likeness (QED) is 0.933. The lowest BCUT2D eigenvalue weighted by atomic mass is 10.1. The Morgan fingerprint density at radius 3 is 2.50 bits per heavy atom. The summed E-state index contributed by atoms with van der Waals surface area (Å²) in [4.78, 5) is 2.47. The van der Waals surface area contributed by atoms with Gasteiger partial charge < -0.3 is 5.73 Å². The van der Waals surface area contributed by atoms with Crippen molar-refractivity contribution in [2.75, 3.05) is 18.8 Å². The van der Waals surface area contributed by atoms with Crippen LogP contribution in [0.1, 0.15) is 30.4 Å². The van der Waals surface area contributed by atoms with Crippen LogP contribution in [-0.4, -0.2) is 27.8 Å². The van der Waals surface area contributed by atoms with Crippen LogP contribution < -0.4 is 5.73 Å². The molecule has 2 N–H and O–H groups in total. The van der Waals surface area contributed by atoms with E-state index in [0.717, 1.165) is 23.6 Å². The minimum absolute atomic E-state index is 0.763. The Balaban J connectivity index is 1.79. The van der Waals surface area contributed by atoms with Gasteiger partial charge in [0.15, 0.2) is 0 Å². The van der Waals surface area contributed by atoms with Gasteiger partial charge in [0.25, 0.3) is 0 Å². The highest BCUT2D eigenvalue weighted by Gasteiger charge is 2.15. The number of aryl methyl sites for hydroxylation is 1. The maximum absolute atomic E-state index is 6.26. The molecule has 1 aliphatic rings. The number of piperidine rings is 1. The Morgan fingerprint density at radius 2 is 1.80 bits per heavy atom. The molecule has 0 saturated carbocycles. The number of likely N-dealkylation sites (tertiary alicyclic amines) is 1. The number of aromatic nitrogens is 2. The van der Waals surface area contributed by atoms with Crippen molar-refractivity contribution in [3.63, 3.8) is 0 Å². The van der Waals surface area contributed by atoms with E-state index in [4.69, 9.17) is 5.73 Å². The molecule has 0 bridgehead atoms. The first kappa shape index (κ1) is 13.2. The maximum atomic E-state index is 6.26. The summed E-state index contributed by atoms with van der Waals surface area (Å²) < 4.78 is 1.83. The molecule has 106 valence electrons. The van der Waals surface area contributed by atoms with Crippen LogP contribution in [0.5, 0.6) is 0 Å². The van der Waals surface area contributed by atoms with Crippen molar-refractivity contribution in [1.82, 2.24) is 14.7 Å². The molecule has 4 nitrogen and oxygen atoms in total. The molecule has 0 unspecified atom stereocenters. The SMILES string of the molecule is Cc1ccc(-n2ncc(CN3CCCCC3)c2N)cc1. The van der Waals surface area contributed by atoms with Crippen molar-refractivity contribution in [3.8, 4) is 5.69 Å². The van der Waals surface area contributed by atoms with Gasteiger partial charge in [0.1, 0.15) is 5.82 Å². The van der Waals surface area contributed by atoms with Crippen molar-refractivity contribution in [3.05, 3.63) is 41.6 Å². The predicted molar refractivity (Wildman–Crippen MR) is 81.8 cm³/mol. The molecule has 1 aromatic carbocycles. The van der Waals surface area contributed by atoms with Crippen LogP contribution in [0, 0.1) is 6.92 Å². The monoisotopic (exact) mass is 270 g/mol. The van der Waals surface area contributed by atoms with Crippen LogP contribution in [-0.2, 0) is 6.54 Å². The Labute approximate surface area is 120 Å². The van der Waals surface area contributed by atoms with Crippen molar-refractivity contribution >= 4 is 5.82 Å². The van der Waals surface area contributed by atoms with Crippen molar-refractivity contribution in [1.29, 1.82) is 0 Å². The van der Waals surface area contributed by atoms with Crippen molar-refractivity contribution < 1.29 is 0 Å². The van der Waals surface area contributed by atoms with Gasteiger partial charge in [-0.25, -0.2) is 4.68 Å². The summed E-state index contributed by atoms with van der Waals surface area (Å²) in [6.45, 7) is 5.35. The second-order valence-corrected chi connectivity index (χ2v) is 5.64. The van der Waals surface area contributed by atoms with E-state index >= 15 is 0 Å². The van der Waals surface area contributed by atoms with Gasteiger partial charge in [0, 0.05) is 12.1 Å². The fourth-order valence-electron chi connectivity index (χ4n) is 2.76. The van der Waals surface area contributed by atoms with Gasteiger partial charge in [-0.3, -0.25) is 4.90 Å². The third-order valence-corrected chi connectivity index (χ3v) is 4.01. The second kappa shape index (κ2) is 5.67. The van der Waals surface area contributed by atoms with Gasteiger partial charge in [0.2, 0.25) is 0 Å². The lowest BCUT2D eigenvalue weighted by Gasteiger charge is -2.26. The number of nitrogens with two attached hydrogens (primary N) is 1. The van der Waals surface area contributed by atoms with E-state index in [1.807, 2.05) is 10.9 Å². The number of hydrogen-bond donors (Lipinski definition) is 1. The molecular weight excluding hydrogens is 248 g/mol. The van der Waals surface area contributed by atoms with E-state index in [9.17, 15) is 0 Å². The van der Waals surface area contributed by atoms with Crippen LogP contribution >= 0.6 is 0 Å². The molecule has 0 radical (unpaired) electrons. The van der Waals surface area contributed by atoms with E-state index in [2.05, 4.69) is 41.2 Å². The van der Waals surface area contributed by atoms with Crippen molar-refractivity contribution in [2.24, 2.45) is 0 Å². The fraction of sp³-hybridized carbons (Fsp3) is 0.438. The van der Waals surface area contributed by atoms with Crippen LogP contribution in [0.15, 0.2) is 30.5 Å². The summed E-state index contributed by atoms with van der Waals surface area (Å²) in [6, 6.07) is 8.29. The highest BCUT2D eigenvalue weighted by atomic mass is 15.3. The topological polar surface area (TPSA) is 47.1 Å². The Kier molecular flexibility index (Phi) is 3.74. The maximum Gasteiger partial charge on any atom is 0.131 e. The first-order chi connectivity index (χ1) is 9.74. The lowest BCUT2D eigenvalue weighted by Crippen LogP contribution is -2.29. The third-order valence-electron chi connectivity index (χ3n) is 4.01. The van der Waals surface area contributed by atoms with E-state index in [-0.39, 0.29) is 0 Å². The number of nitrogens with zero attached hydrogens (tertiary/aromatic N) is 3. The molecule has 2 aromatic rings. The highest BCUT2D eigenvalue weighted by Crippen LogP contribution is 2.20. The zero-order chi connectivity index (χ0) is 13.9. The molecule has 1 aromatic heterocycles. The summed E-state index contributed by atoms with van der Waals surface area (Å²) in [7, 11) is 0. The molecule has 0 aliphatic carbocycles. The molecule has 1 saturated heterocycles. The molecule has 0 amide bonds. The first-order valence-electron chi connectivity index (χ1n) is 7.36. The van der Waals surface area contributed by atoms with E-state index in [0.29, 0.717) is 0 Å². The first-order valence-corrected chi connectivity index (χ1v) is 7.36. The average Bonchev–Trinajstić information content (AvgIpc) is 2.83. The second-order valence-electron chi connectivity index (χ2n) is 5.64. The standard InChI is InChI=1S/C16H22N4/c1-13-5-7-15(8-6-13)20-16(17)14(11-18-20)12-19-9-3-2-4-10-19/h5-8,11H,2-4,9-10,12,17H2,1H3. The van der Waals surface area contributed by atoms with Gasteiger partial charge in [-0.1, -0.05) is 24.1 Å². The van der Waals surface area contributed by atoms with E-state index in [1.165, 1.54) is 37.9 Å². The molecule has 3 rings (SSSR count). The van der Waals surface area contributed by atoms with Crippen molar-refractivity contribution in [2.45, 2.75) is 32.7 Å². The minimum atomic E-state index is 0.763. The molecule has 0 atom stereocenters. The molecule has 4 heteroatoms. The molecule has 1 fully saturated rings. The van der Waals surface area contributed by atoms with E-state index in [1.54, 1.807) is 0 Å². The van der Waals surface area contributed by atoms with Gasteiger partial charge in [0.05, 0.1) is 11.9 Å². The van der Waals surface area contributed by atoms with Crippen LogP contribution in [0.25, 0.3) is 5.69 Å². The Bertz CT molecular complexity index is 565. The van der Waals surface area contributed by atoms with Gasteiger partial charge in [-0.15, -0.1) is 0 Å². The number of anilines is 1. The molecular formula is C16H22N4. The summed E-state index contributed by atoms with van der Waals surface area (Å²) in [5.41, 5.74) is 9.67. The minimum Gasteiger partial charge on any atom is -0.383 e. The summed E-state index contributed by atoms with van der Waals surface area (Å²) >= 11 is 0. The molecule has 20 heavy (non-hydrogen) atoms. The lowest BCUT2D eigenvalue weighted by molar-refractivity contribution is 0.221. The molecule has 1 aliphatic heterocycles. The van der Waals surface area contributed by atoms with Crippen LogP contribution in [0.3, 0.4) is 0 Å². The van der Waals surface area contributed by atoms with Crippen LogP contribution in [0.4, 0.5) is 5.82 Å². The van der Waals surface area contributed by atoms with Gasteiger partial charge in [-0.05, 0) is 45.0 Å². The van der Waals surface area contributed by atoms with Crippen LogP contribution in [0.2, 0.25) is 0 Å². The molecule has 0 spiro atoms. The zero-order valence-corrected chi connectivity index (χ0v) is 12.0. The number of rotatable bonds is 3. The highest BCUT2D eigenvalue weighted by molar-refractivity contribution is 5.47. The van der Waals surface area contributed by atoms with E-state index < -0.39 is 0 Å². The predicted octanol–water partition coefficient (Wildman–Crippen LogP) is 2.75. The smallest absolute Gasteiger partial charge is 0.131 e. The molecule has 2 heterocycles. The number of hydrogen-bond acceptors (Lipinski definition) is 3. The van der Waals surface area contributed by atoms with Gasteiger partial charge >= 0.3 is 0 Å².